The van der Waals surface area contributed by atoms with E-state index in [4.69, 9.17) is 0 Å². The third-order valence-electron chi connectivity index (χ3n) is 3.31. The van der Waals surface area contributed by atoms with Crippen molar-refractivity contribution in [1.82, 2.24) is 25.4 Å². The first-order valence-corrected chi connectivity index (χ1v) is 7.87. The highest BCUT2D eigenvalue weighted by Crippen LogP contribution is 2.07. The van der Waals surface area contributed by atoms with Crippen LogP contribution in [-0.4, -0.2) is 33.8 Å². The van der Waals surface area contributed by atoms with Gasteiger partial charge in [-0.1, -0.05) is 18.2 Å². The molecule has 0 aliphatic carbocycles. The molecule has 1 aromatic carbocycles. The fraction of sp³-hybridized carbons (Fsp3) is 0.438. The van der Waals surface area contributed by atoms with Gasteiger partial charge in [-0.15, -0.1) is 34.2 Å². The highest BCUT2D eigenvalue weighted by Gasteiger charge is 2.01. The van der Waals surface area contributed by atoms with E-state index in [1.165, 1.54) is 6.07 Å². The first-order valence-electron chi connectivity index (χ1n) is 7.87. The number of benzene rings is 1. The molecule has 0 aliphatic rings. The summed E-state index contributed by atoms with van der Waals surface area (Å²) in [6, 6.07) is 6.71. The number of guanidine groups is 1. The lowest BCUT2D eigenvalue weighted by Gasteiger charge is -2.11. The summed E-state index contributed by atoms with van der Waals surface area (Å²) in [5, 5.41) is 14.0. The second kappa shape index (κ2) is 11.8. The number of unbranched alkanes of at least 4 members (excludes halogenated alkanes) is 1. The average molecular weight is 446 g/mol. The SMILES string of the molecule is CCNC(=NCc1ccccc1F)NCCCCn1cnnc1.I. The summed E-state index contributed by atoms with van der Waals surface area (Å²) in [7, 11) is 0. The topological polar surface area (TPSA) is 67.1 Å². The van der Waals surface area contributed by atoms with Gasteiger partial charge in [0.05, 0.1) is 6.54 Å². The van der Waals surface area contributed by atoms with Gasteiger partial charge in [0.2, 0.25) is 0 Å². The lowest BCUT2D eigenvalue weighted by molar-refractivity contribution is 0.596. The Bertz CT molecular complexity index is 602. The maximum absolute atomic E-state index is 13.6. The number of aryl methyl sites for hydroxylation is 1. The number of halogens is 2. The van der Waals surface area contributed by atoms with Gasteiger partial charge >= 0.3 is 0 Å². The molecule has 0 bridgehead atoms. The third-order valence-corrected chi connectivity index (χ3v) is 3.31. The van der Waals surface area contributed by atoms with Crippen molar-refractivity contribution in [2.75, 3.05) is 13.1 Å². The van der Waals surface area contributed by atoms with Crippen molar-refractivity contribution in [1.29, 1.82) is 0 Å². The van der Waals surface area contributed by atoms with Crippen molar-refractivity contribution >= 4 is 29.9 Å². The normalized spacial score (nSPS) is 11.0. The number of aliphatic imine (C=N–C) groups is 1. The quantitative estimate of drug-likeness (QED) is 0.283. The second-order valence-corrected chi connectivity index (χ2v) is 5.12. The van der Waals surface area contributed by atoms with Crippen LogP contribution in [0.2, 0.25) is 0 Å². The molecule has 2 aromatic rings. The number of rotatable bonds is 8. The van der Waals surface area contributed by atoms with Crippen LogP contribution in [-0.2, 0) is 13.1 Å². The van der Waals surface area contributed by atoms with Crippen LogP contribution in [0.4, 0.5) is 4.39 Å². The van der Waals surface area contributed by atoms with E-state index in [1.807, 2.05) is 17.6 Å². The van der Waals surface area contributed by atoms with Crippen molar-refractivity contribution < 1.29 is 4.39 Å². The van der Waals surface area contributed by atoms with E-state index < -0.39 is 0 Å². The summed E-state index contributed by atoms with van der Waals surface area (Å²) in [5.41, 5.74) is 0.595. The van der Waals surface area contributed by atoms with Gasteiger partial charge in [0, 0.05) is 25.2 Å². The van der Waals surface area contributed by atoms with Crippen molar-refractivity contribution in [2.24, 2.45) is 4.99 Å². The van der Waals surface area contributed by atoms with Crippen molar-refractivity contribution in [3.8, 4) is 0 Å². The Labute approximate surface area is 159 Å². The Kier molecular flexibility index (Phi) is 9.97. The number of hydrogen-bond donors (Lipinski definition) is 2. The molecule has 1 aromatic heterocycles. The molecule has 0 aliphatic heterocycles. The van der Waals surface area contributed by atoms with Gasteiger partial charge in [-0.3, -0.25) is 0 Å². The summed E-state index contributed by atoms with van der Waals surface area (Å²) in [4.78, 5) is 4.42. The Hall–Kier alpha value is -1.71. The molecule has 6 nitrogen and oxygen atoms in total. The molecule has 0 spiro atoms. The predicted molar refractivity (Wildman–Crippen MR) is 104 cm³/mol. The van der Waals surface area contributed by atoms with Crippen LogP contribution in [0.15, 0.2) is 41.9 Å². The Morgan fingerprint density at radius 3 is 2.62 bits per heavy atom. The molecule has 0 saturated carbocycles. The zero-order valence-electron chi connectivity index (χ0n) is 13.8. The minimum absolute atomic E-state index is 0. The molecule has 0 radical (unpaired) electrons. The van der Waals surface area contributed by atoms with Gasteiger partial charge in [0.25, 0.3) is 0 Å². The molecule has 0 unspecified atom stereocenters. The molecule has 0 amide bonds. The van der Waals surface area contributed by atoms with Gasteiger partial charge in [0.1, 0.15) is 18.5 Å². The van der Waals surface area contributed by atoms with E-state index in [9.17, 15) is 4.39 Å². The molecule has 24 heavy (non-hydrogen) atoms. The maximum atomic E-state index is 13.6. The summed E-state index contributed by atoms with van der Waals surface area (Å²) in [6.07, 6.45) is 5.46. The summed E-state index contributed by atoms with van der Waals surface area (Å²) < 4.78 is 15.5. The number of nitrogens with one attached hydrogen (secondary N) is 2. The van der Waals surface area contributed by atoms with Crippen LogP contribution in [0.5, 0.6) is 0 Å². The first kappa shape index (κ1) is 20.3. The summed E-state index contributed by atoms with van der Waals surface area (Å²) in [6.45, 7) is 4.81. The highest BCUT2D eigenvalue weighted by atomic mass is 127. The minimum Gasteiger partial charge on any atom is -0.357 e. The highest BCUT2D eigenvalue weighted by molar-refractivity contribution is 14.0. The predicted octanol–water partition coefficient (Wildman–Crippen LogP) is 2.57. The Morgan fingerprint density at radius 1 is 1.17 bits per heavy atom. The van der Waals surface area contributed by atoms with Crippen LogP contribution in [0, 0.1) is 5.82 Å². The van der Waals surface area contributed by atoms with Gasteiger partial charge in [-0.25, -0.2) is 9.38 Å². The smallest absolute Gasteiger partial charge is 0.191 e. The van der Waals surface area contributed by atoms with Crippen molar-refractivity contribution in [3.63, 3.8) is 0 Å². The zero-order valence-corrected chi connectivity index (χ0v) is 16.1. The number of hydrogen-bond acceptors (Lipinski definition) is 3. The van der Waals surface area contributed by atoms with Crippen molar-refractivity contribution in [3.05, 3.63) is 48.3 Å². The number of nitrogens with zero attached hydrogens (tertiary/aromatic N) is 4. The standard InChI is InChI=1S/C16H23FN6.HI/c1-2-18-16(20-11-14-7-3-4-8-15(14)17)19-9-5-6-10-23-12-21-22-13-23;/h3-4,7-8,12-13H,2,5-6,9-11H2,1H3,(H2,18,19,20);1H. The summed E-state index contributed by atoms with van der Waals surface area (Å²) in [5.74, 6) is 0.487. The van der Waals surface area contributed by atoms with E-state index in [2.05, 4.69) is 25.8 Å². The maximum Gasteiger partial charge on any atom is 0.191 e. The third kappa shape index (κ3) is 7.24. The Morgan fingerprint density at radius 2 is 1.92 bits per heavy atom. The Balaban J connectivity index is 0.00000288. The fourth-order valence-corrected chi connectivity index (χ4v) is 2.10. The average Bonchev–Trinajstić information content (AvgIpc) is 3.07. The van der Waals surface area contributed by atoms with E-state index in [-0.39, 0.29) is 29.8 Å². The molecule has 132 valence electrons. The molecule has 8 heteroatoms. The molecular formula is C16H24FIN6. The van der Waals surface area contributed by atoms with Crippen LogP contribution < -0.4 is 10.6 Å². The van der Waals surface area contributed by atoms with Crippen LogP contribution >= 0.6 is 24.0 Å². The molecule has 2 rings (SSSR count). The van der Waals surface area contributed by atoms with Crippen LogP contribution in [0.1, 0.15) is 25.3 Å². The lowest BCUT2D eigenvalue weighted by Crippen LogP contribution is -2.37. The summed E-state index contributed by atoms with van der Waals surface area (Å²) >= 11 is 0. The minimum atomic E-state index is -0.221. The van der Waals surface area contributed by atoms with Crippen LogP contribution in [0.25, 0.3) is 0 Å². The molecule has 0 fully saturated rings. The van der Waals surface area contributed by atoms with E-state index in [1.54, 1.807) is 24.8 Å². The monoisotopic (exact) mass is 446 g/mol. The van der Waals surface area contributed by atoms with Gasteiger partial charge in [-0.05, 0) is 25.8 Å². The second-order valence-electron chi connectivity index (χ2n) is 5.12. The van der Waals surface area contributed by atoms with Crippen molar-refractivity contribution in [2.45, 2.75) is 32.9 Å². The molecular weight excluding hydrogens is 422 g/mol. The molecule has 2 N–H and O–H groups in total. The first-order chi connectivity index (χ1) is 11.3. The molecule has 0 atom stereocenters. The van der Waals surface area contributed by atoms with Gasteiger partial charge in [0.15, 0.2) is 5.96 Å². The molecule has 1 heterocycles. The van der Waals surface area contributed by atoms with E-state index >= 15 is 0 Å². The van der Waals surface area contributed by atoms with Gasteiger partial charge < -0.3 is 15.2 Å². The fourth-order valence-electron chi connectivity index (χ4n) is 2.10. The van der Waals surface area contributed by atoms with E-state index in [0.29, 0.717) is 18.1 Å². The largest absolute Gasteiger partial charge is 0.357 e. The van der Waals surface area contributed by atoms with E-state index in [0.717, 1.165) is 32.5 Å². The molecule has 0 saturated heterocycles. The van der Waals surface area contributed by atoms with Crippen LogP contribution in [0.3, 0.4) is 0 Å². The zero-order chi connectivity index (χ0) is 16.3. The number of aromatic nitrogens is 3. The lowest BCUT2D eigenvalue weighted by atomic mass is 10.2. The van der Waals surface area contributed by atoms with Gasteiger partial charge in [-0.2, -0.15) is 0 Å².